The number of amides is 3. The number of hydrogen-bond donors (Lipinski definition) is 1. The largest absolute Gasteiger partial charge is 0.370 e. The van der Waals surface area contributed by atoms with E-state index in [1.165, 1.54) is 4.90 Å². The minimum absolute atomic E-state index is 0.134. The first-order valence-electron chi connectivity index (χ1n) is 6.00. The fraction of sp³-hybridized carbons (Fsp3) is 0.750. The van der Waals surface area contributed by atoms with Crippen molar-refractivity contribution in [2.24, 2.45) is 11.7 Å². The van der Waals surface area contributed by atoms with Gasteiger partial charge in [0, 0.05) is 19.4 Å². The zero-order valence-electron chi connectivity index (χ0n) is 10.6. The highest BCUT2D eigenvalue weighted by Gasteiger charge is 2.13. The molecular weight excluding hydrogens is 220 g/mol. The van der Waals surface area contributed by atoms with Crippen LogP contribution in [0.15, 0.2) is 0 Å². The van der Waals surface area contributed by atoms with E-state index in [0.29, 0.717) is 32.2 Å². The molecule has 3 amide bonds. The van der Waals surface area contributed by atoms with E-state index in [9.17, 15) is 14.4 Å². The summed E-state index contributed by atoms with van der Waals surface area (Å²) < 4.78 is 0. The number of unbranched alkanes of at least 4 members (excludes halogenated alkanes) is 2. The second-order valence-corrected chi connectivity index (χ2v) is 4.57. The van der Waals surface area contributed by atoms with Crippen molar-refractivity contribution in [1.29, 1.82) is 0 Å². The summed E-state index contributed by atoms with van der Waals surface area (Å²) >= 11 is 0. The molecule has 98 valence electrons. The minimum Gasteiger partial charge on any atom is -0.370 e. The number of nitrogens with zero attached hydrogens (tertiary/aromatic N) is 1. The van der Waals surface area contributed by atoms with E-state index in [1.54, 1.807) is 0 Å². The number of rotatable bonds is 9. The number of carbonyl (C=O) groups excluding carboxylic acids is 3. The molecule has 0 unspecified atom stereocenters. The summed E-state index contributed by atoms with van der Waals surface area (Å²) in [5.74, 6) is -0.196. The third kappa shape index (κ3) is 8.42. The molecule has 0 rings (SSSR count). The summed E-state index contributed by atoms with van der Waals surface area (Å²) in [4.78, 5) is 34.0. The van der Waals surface area contributed by atoms with Crippen molar-refractivity contribution in [3.05, 3.63) is 0 Å². The van der Waals surface area contributed by atoms with E-state index in [2.05, 4.69) is 0 Å². The maximum absolute atomic E-state index is 11.6. The molecule has 0 aromatic heterocycles. The van der Waals surface area contributed by atoms with E-state index in [0.717, 1.165) is 12.8 Å². The van der Waals surface area contributed by atoms with Crippen molar-refractivity contribution < 1.29 is 14.4 Å². The van der Waals surface area contributed by atoms with E-state index in [4.69, 9.17) is 5.73 Å². The third-order valence-corrected chi connectivity index (χ3v) is 2.35. The molecule has 0 aliphatic heterocycles. The topological polar surface area (TPSA) is 80.5 Å². The van der Waals surface area contributed by atoms with E-state index in [-0.39, 0.29) is 17.7 Å². The van der Waals surface area contributed by atoms with Crippen LogP contribution in [0.1, 0.15) is 46.0 Å². The lowest BCUT2D eigenvalue weighted by atomic mass is 10.1. The SMILES string of the molecule is CC(C)CC(=O)N(C=O)CCCCCC(N)=O. The number of nitrogens with two attached hydrogens (primary N) is 1. The first kappa shape index (κ1) is 15.6. The molecule has 0 spiro atoms. The Morgan fingerprint density at radius 1 is 1.24 bits per heavy atom. The lowest BCUT2D eigenvalue weighted by Crippen LogP contribution is -2.31. The molecule has 0 aromatic carbocycles. The van der Waals surface area contributed by atoms with E-state index >= 15 is 0 Å². The normalized spacial score (nSPS) is 10.3. The van der Waals surface area contributed by atoms with Crippen LogP contribution >= 0.6 is 0 Å². The predicted molar refractivity (Wildman–Crippen MR) is 64.9 cm³/mol. The molecule has 0 aliphatic carbocycles. The highest BCUT2D eigenvalue weighted by atomic mass is 16.2. The molecular formula is C12H22N2O3. The Balaban J connectivity index is 3.78. The summed E-state index contributed by atoms with van der Waals surface area (Å²) in [5, 5.41) is 0. The molecule has 0 fully saturated rings. The van der Waals surface area contributed by atoms with Gasteiger partial charge in [0.1, 0.15) is 0 Å². The summed E-state index contributed by atoms with van der Waals surface area (Å²) in [5.41, 5.74) is 5.00. The minimum atomic E-state index is -0.312. The molecule has 5 heteroatoms. The monoisotopic (exact) mass is 242 g/mol. The van der Waals surface area contributed by atoms with Crippen molar-refractivity contribution in [3.63, 3.8) is 0 Å². The molecule has 0 saturated carbocycles. The van der Waals surface area contributed by atoms with Crippen LogP contribution in [-0.4, -0.2) is 29.7 Å². The molecule has 0 heterocycles. The van der Waals surface area contributed by atoms with Crippen molar-refractivity contribution in [2.45, 2.75) is 46.0 Å². The van der Waals surface area contributed by atoms with E-state index in [1.807, 2.05) is 13.8 Å². The number of hydrogen-bond acceptors (Lipinski definition) is 3. The molecule has 0 bridgehead atoms. The smallest absolute Gasteiger partial charge is 0.229 e. The van der Waals surface area contributed by atoms with Crippen LogP contribution in [0.25, 0.3) is 0 Å². The number of imide groups is 1. The molecule has 0 saturated heterocycles. The molecule has 0 aliphatic rings. The summed E-state index contributed by atoms with van der Waals surface area (Å²) in [6, 6.07) is 0. The van der Waals surface area contributed by atoms with Gasteiger partial charge in [0.05, 0.1) is 0 Å². The van der Waals surface area contributed by atoms with Crippen LogP contribution < -0.4 is 5.73 Å². The van der Waals surface area contributed by atoms with Gasteiger partial charge in [-0.1, -0.05) is 20.3 Å². The van der Waals surface area contributed by atoms with Crippen LogP contribution in [-0.2, 0) is 14.4 Å². The van der Waals surface area contributed by atoms with Crippen molar-refractivity contribution in [2.75, 3.05) is 6.54 Å². The van der Waals surface area contributed by atoms with Gasteiger partial charge in [-0.2, -0.15) is 0 Å². The van der Waals surface area contributed by atoms with Crippen molar-refractivity contribution in [3.8, 4) is 0 Å². The van der Waals surface area contributed by atoms with Crippen molar-refractivity contribution in [1.82, 2.24) is 4.90 Å². The van der Waals surface area contributed by atoms with Gasteiger partial charge in [-0.15, -0.1) is 0 Å². The third-order valence-electron chi connectivity index (χ3n) is 2.35. The lowest BCUT2D eigenvalue weighted by molar-refractivity contribution is -0.138. The molecule has 2 N–H and O–H groups in total. The van der Waals surface area contributed by atoms with Gasteiger partial charge in [0.25, 0.3) is 0 Å². The average molecular weight is 242 g/mol. The Labute approximate surface area is 102 Å². The Hall–Kier alpha value is -1.39. The zero-order valence-corrected chi connectivity index (χ0v) is 10.6. The summed E-state index contributed by atoms with van der Waals surface area (Å²) in [6.07, 6.45) is 3.55. The van der Waals surface area contributed by atoms with Crippen LogP contribution in [0.3, 0.4) is 0 Å². The van der Waals surface area contributed by atoms with Gasteiger partial charge in [0.15, 0.2) is 0 Å². The Morgan fingerprint density at radius 3 is 2.35 bits per heavy atom. The van der Waals surface area contributed by atoms with Crippen molar-refractivity contribution >= 4 is 18.2 Å². The van der Waals surface area contributed by atoms with E-state index < -0.39 is 0 Å². The summed E-state index contributed by atoms with van der Waals surface area (Å²) in [7, 11) is 0. The Bertz CT molecular complexity index is 264. The summed E-state index contributed by atoms with van der Waals surface area (Å²) in [6.45, 7) is 4.30. The fourth-order valence-electron chi connectivity index (χ4n) is 1.46. The van der Waals surface area contributed by atoms with Gasteiger partial charge < -0.3 is 5.73 Å². The van der Waals surface area contributed by atoms with Crippen LogP contribution in [0.4, 0.5) is 0 Å². The standard InChI is InChI=1S/C12H22N2O3/c1-10(2)8-12(17)14(9-15)7-5-3-4-6-11(13)16/h9-10H,3-8H2,1-2H3,(H2,13,16). The highest BCUT2D eigenvalue weighted by Crippen LogP contribution is 2.05. The quantitative estimate of drug-likeness (QED) is 0.485. The maximum atomic E-state index is 11.6. The number of primary amides is 1. The average Bonchev–Trinajstić information content (AvgIpc) is 2.21. The number of carbonyl (C=O) groups is 3. The molecule has 0 radical (unpaired) electrons. The zero-order chi connectivity index (χ0) is 13.3. The van der Waals surface area contributed by atoms with Crippen LogP contribution in [0, 0.1) is 5.92 Å². The highest BCUT2D eigenvalue weighted by molar-refractivity contribution is 5.86. The van der Waals surface area contributed by atoms with Gasteiger partial charge >= 0.3 is 0 Å². The van der Waals surface area contributed by atoms with Gasteiger partial charge in [-0.3, -0.25) is 19.3 Å². The Kier molecular flexibility index (Phi) is 8.01. The molecule has 5 nitrogen and oxygen atoms in total. The molecule has 0 aromatic rings. The van der Waals surface area contributed by atoms with Gasteiger partial charge in [0.2, 0.25) is 18.2 Å². The van der Waals surface area contributed by atoms with Gasteiger partial charge in [-0.05, 0) is 18.8 Å². The van der Waals surface area contributed by atoms with Crippen LogP contribution in [0.5, 0.6) is 0 Å². The molecule has 17 heavy (non-hydrogen) atoms. The van der Waals surface area contributed by atoms with Gasteiger partial charge in [-0.25, -0.2) is 0 Å². The maximum Gasteiger partial charge on any atom is 0.229 e. The second kappa shape index (κ2) is 8.73. The first-order valence-corrected chi connectivity index (χ1v) is 6.00. The second-order valence-electron chi connectivity index (χ2n) is 4.57. The Morgan fingerprint density at radius 2 is 1.88 bits per heavy atom. The fourth-order valence-corrected chi connectivity index (χ4v) is 1.46. The predicted octanol–water partition coefficient (Wildman–Crippen LogP) is 1.06. The van der Waals surface area contributed by atoms with Crippen LogP contribution in [0.2, 0.25) is 0 Å². The lowest BCUT2D eigenvalue weighted by Gasteiger charge is -2.16. The first-order chi connectivity index (χ1) is 7.97. The molecule has 0 atom stereocenters.